The van der Waals surface area contributed by atoms with Gasteiger partial charge in [-0.3, -0.25) is 0 Å². The van der Waals surface area contributed by atoms with Crippen LogP contribution in [0.15, 0.2) is 53.0 Å². The summed E-state index contributed by atoms with van der Waals surface area (Å²) in [6.07, 6.45) is 3.08. The van der Waals surface area contributed by atoms with Crippen LogP contribution in [0.5, 0.6) is 11.5 Å². The van der Waals surface area contributed by atoms with E-state index in [1.807, 2.05) is 49.4 Å². The maximum Gasteiger partial charge on any atom is 0.331 e. The van der Waals surface area contributed by atoms with Crippen LogP contribution in [0.4, 0.5) is 0 Å². The average Bonchev–Trinajstić information content (AvgIpc) is 2.60. The van der Waals surface area contributed by atoms with Gasteiger partial charge >= 0.3 is 5.97 Å². The third-order valence-corrected chi connectivity index (χ3v) is 4.00. The predicted molar refractivity (Wildman–Crippen MR) is 97.1 cm³/mol. The number of ether oxygens (including phenoxy) is 3. The normalized spacial score (nSPS) is 10.6. The van der Waals surface area contributed by atoms with Crippen LogP contribution in [0.2, 0.25) is 0 Å². The highest BCUT2D eigenvalue weighted by atomic mass is 79.9. The summed E-state index contributed by atoms with van der Waals surface area (Å²) in [6.45, 7) is 2.69. The van der Waals surface area contributed by atoms with Gasteiger partial charge in [0.25, 0.3) is 0 Å². The molecule has 0 aliphatic rings. The SMILES string of the molecule is CCOc1ccc(/C=C/C(=O)OCc2ccccc2Br)cc1OC. The molecule has 0 aliphatic heterocycles. The molecule has 0 fully saturated rings. The first kappa shape index (κ1) is 18.1. The van der Waals surface area contributed by atoms with Crippen LogP contribution < -0.4 is 9.47 Å². The molecular weight excluding hydrogens is 372 g/mol. The van der Waals surface area contributed by atoms with E-state index < -0.39 is 5.97 Å². The van der Waals surface area contributed by atoms with Crippen LogP contribution in [0.25, 0.3) is 6.08 Å². The average molecular weight is 391 g/mol. The highest BCUT2D eigenvalue weighted by Gasteiger charge is 2.05. The molecule has 0 aromatic heterocycles. The van der Waals surface area contributed by atoms with Crippen LogP contribution in [0, 0.1) is 0 Å². The molecule has 0 saturated heterocycles. The summed E-state index contributed by atoms with van der Waals surface area (Å²) >= 11 is 3.42. The lowest BCUT2D eigenvalue weighted by atomic mass is 10.2. The van der Waals surface area contributed by atoms with Gasteiger partial charge in [-0.25, -0.2) is 4.79 Å². The number of carbonyl (C=O) groups excluding carboxylic acids is 1. The number of methoxy groups -OCH3 is 1. The lowest BCUT2D eigenvalue weighted by molar-refractivity contribution is -0.138. The molecule has 5 heteroatoms. The molecule has 0 aliphatic carbocycles. The zero-order valence-corrected chi connectivity index (χ0v) is 15.2. The second-order valence-electron chi connectivity index (χ2n) is 4.88. The van der Waals surface area contributed by atoms with E-state index >= 15 is 0 Å². The maximum atomic E-state index is 11.8. The van der Waals surface area contributed by atoms with Crippen molar-refractivity contribution in [2.45, 2.75) is 13.5 Å². The smallest absolute Gasteiger partial charge is 0.331 e. The van der Waals surface area contributed by atoms with Gasteiger partial charge in [0.2, 0.25) is 0 Å². The Morgan fingerprint density at radius 2 is 1.96 bits per heavy atom. The van der Waals surface area contributed by atoms with Crippen molar-refractivity contribution in [3.05, 3.63) is 64.1 Å². The van der Waals surface area contributed by atoms with E-state index in [-0.39, 0.29) is 6.61 Å². The van der Waals surface area contributed by atoms with E-state index in [0.29, 0.717) is 18.1 Å². The molecule has 4 nitrogen and oxygen atoms in total. The van der Waals surface area contributed by atoms with Crippen molar-refractivity contribution in [3.8, 4) is 11.5 Å². The number of halogens is 1. The summed E-state index contributed by atoms with van der Waals surface area (Å²) in [6, 6.07) is 13.1. The number of carbonyl (C=O) groups is 1. The third kappa shape index (κ3) is 5.13. The monoisotopic (exact) mass is 390 g/mol. The molecule has 0 unspecified atom stereocenters. The van der Waals surface area contributed by atoms with E-state index in [4.69, 9.17) is 14.2 Å². The van der Waals surface area contributed by atoms with Gasteiger partial charge in [0, 0.05) is 16.1 Å². The second-order valence-corrected chi connectivity index (χ2v) is 5.73. The molecule has 0 spiro atoms. The van der Waals surface area contributed by atoms with E-state index in [1.54, 1.807) is 13.2 Å². The molecule has 0 radical (unpaired) electrons. The van der Waals surface area contributed by atoms with Gasteiger partial charge in [-0.2, -0.15) is 0 Å². The van der Waals surface area contributed by atoms with Crippen LogP contribution >= 0.6 is 15.9 Å². The van der Waals surface area contributed by atoms with Crippen molar-refractivity contribution in [1.82, 2.24) is 0 Å². The third-order valence-electron chi connectivity index (χ3n) is 3.23. The van der Waals surface area contributed by atoms with Crippen LogP contribution in [0.3, 0.4) is 0 Å². The molecule has 24 heavy (non-hydrogen) atoms. The summed E-state index contributed by atoms with van der Waals surface area (Å²) in [5.41, 5.74) is 1.75. The van der Waals surface area contributed by atoms with Gasteiger partial charge in [0.15, 0.2) is 11.5 Å². The van der Waals surface area contributed by atoms with Crippen LogP contribution in [-0.4, -0.2) is 19.7 Å². The van der Waals surface area contributed by atoms with Gasteiger partial charge in [-0.15, -0.1) is 0 Å². The van der Waals surface area contributed by atoms with E-state index in [9.17, 15) is 4.79 Å². The van der Waals surface area contributed by atoms with Crippen molar-refractivity contribution in [2.24, 2.45) is 0 Å². The summed E-state index contributed by atoms with van der Waals surface area (Å²) in [4.78, 5) is 11.8. The zero-order valence-electron chi connectivity index (χ0n) is 13.6. The van der Waals surface area contributed by atoms with E-state index in [0.717, 1.165) is 15.6 Å². The lowest BCUT2D eigenvalue weighted by Crippen LogP contribution is -2.01. The molecule has 0 saturated carbocycles. The van der Waals surface area contributed by atoms with Crippen molar-refractivity contribution >= 4 is 28.0 Å². The minimum atomic E-state index is -0.404. The Balaban J connectivity index is 1.97. The first-order valence-corrected chi connectivity index (χ1v) is 8.32. The Morgan fingerprint density at radius 1 is 1.17 bits per heavy atom. The zero-order chi connectivity index (χ0) is 17.4. The molecular formula is C19H19BrO4. The number of rotatable bonds is 7. The number of esters is 1. The predicted octanol–water partition coefficient (Wildman–Crippen LogP) is 4.61. The van der Waals surface area contributed by atoms with Gasteiger partial charge in [-0.05, 0) is 36.8 Å². The minimum absolute atomic E-state index is 0.219. The number of hydrogen-bond donors (Lipinski definition) is 0. The summed E-state index contributed by atoms with van der Waals surface area (Å²) in [7, 11) is 1.58. The van der Waals surface area contributed by atoms with E-state index in [2.05, 4.69) is 15.9 Å². The Kier molecular flexibility index (Phi) is 6.88. The summed E-state index contributed by atoms with van der Waals surface area (Å²) in [5.74, 6) is 0.896. The van der Waals surface area contributed by atoms with Gasteiger partial charge in [0.05, 0.1) is 13.7 Å². The van der Waals surface area contributed by atoms with Crippen molar-refractivity contribution < 1.29 is 19.0 Å². The highest BCUT2D eigenvalue weighted by molar-refractivity contribution is 9.10. The Morgan fingerprint density at radius 3 is 2.67 bits per heavy atom. The van der Waals surface area contributed by atoms with Crippen LogP contribution in [-0.2, 0) is 16.1 Å². The molecule has 0 bridgehead atoms. The van der Waals surface area contributed by atoms with Crippen molar-refractivity contribution in [3.63, 3.8) is 0 Å². The molecule has 126 valence electrons. The summed E-state index contributed by atoms with van der Waals surface area (Å²) in [5, 5.41) is 0. The number of benzene rings is 2. The lowest BCUT2D eigenvalue weighted by Gasteiger charge is -2.09. The highest BCUT2D eigenvalue weighted by Crippen LogP contribution is 2.28. The van der Waals surface area contributed by atoms with Crippen molar-refractivity contribution in [1.29, 1.82) is 0 Å². The molecule has 2 aromatic rings. The minimum Gasteiger partial charge on any atom is -0.493 e. The Labute approximate surface area is 150 Å². The Bertz CT molecular complexity index is 725. The first-order chi connectivity index (χ1) is 11.6. The van der Waals surface area contributed by atoms with Gasteiger partial charge in [-0.1, -0.05) is 40.2 Å². The molecule has 2 rings (SSSR count). The molecule has 0 N–H and O–H groups in total. The quantitative estimate of drug-likeness (QED) is 0.511. The first-order valence-electron chi connectivity index (χ1n) is 7.53. The topological polar surface area (TPSA) is 44.8 Å². The number of hydrogen-bond acceptors (Lipinski definition) is 4. The fourth-order valence-electron chi connectivity index (χ4n) is 2.04. The fourth-order valence-corrected chi connectivity index (χ4v) is 2.44. The second kappa shape index (κ2) is 9.13. The Hall–Kier alpha value is -2.27. The molecule has 2 aromatic carbocycles. The molecule has 0 atom stereocenters. The van der Waals surface area contributed by atoms with Gasteiger partial charge < -0.3 is 14.2 Å². The summed E-state index contributed by atoms with van der Waals surface area (Å²) < 4.78 is 16.9. The van der Waals surface area contributed by atoms with Crippen molar-refractivity contribution in [2.75, 3.05) is 13.7 Å². The molecule has 0 heterocycles. The van der Waals surface area contributed by atoms with Crippen LogP contribution in [0.1, 0.15) is 18.1 Å². The standard InChI is InChI=1S/C19H19BrO4/c1-3-23-17-10-8-14(12-18(17)22-2)9-11-19(21)24-13-15-6-4-5-7-16(15)20/h4-12H,3,13H2,1-2H3/b11-9+. The molecule has 0 amide bonds. The van der Waals surface area contributed by atoms with E-state index in [1.165, 1.54) is 6.08 Å². The fraction of sp³-hybridized carbons (Fsp3) is 0.211. The largest absolute Gasteiger partial charge is 0.493 e. The van der Waals surface area contributed by atoms with Gasteiger partial charge in [0.1, 0.15) is 6.61 Å². The maximum absolute atomic E-state index is 11.8.